The van der Waals surface area contributed by atoms with E-state index in [0.29, 0.717) is 30.0 Å². The predicted molar refractivity (Wildman–Crippen MR) is 79.2 cm³/mol. The number of aromatic nitrogens is 1. The lowest BCUT2D eigenvalue weighted by atomic mass is 10.2. The Labute approximate surface area is 115 Å². The van der Waals surface area contributed by atoms with Crippen LogP contribution in [0.15, 0.2) is 17.2 Å². The molecule has 0 bridgehead atoms. The number of hydrogen-bond acceptors (Lipinski definition) is 4. The van der Waals surface area contributed by atoms with E-state index in [0.717, 1.165) is 10.8 Å². The van der Waals surface area contributed by atoms with Crippen LogP contribution in [0.4, 0.5) is 5.69 Å². The third-order valence-electron chi connectivity index (χ3n) is 2.63. The molecule has 18 heavy (non-hydrogen) atoms. The molecule has 102 valence electrons. The number of nitrogen functional groups attached to an aromatic ring is 1. The molecule has 1 rings (SSSR count). The molecular formula is C14H24N2OS. The average molecular weight is 268 g/mol. The molecule has 3 nitrogen and oxygen atoms in total. The van der Waals surface area contributed by atoms with Crippen LogP contribution in [0.3, 0.4) is 0 Å². The van der Waals surface area contributed by atoms with Crippen molar-refractivity contribution in [2.75, 3.05) is 18.1 Å². The molecular weight excluding hydrogens is 244 g/mol. The summed E-state index contributed by atoms with van der Waals surface area (Å²) in [4.78, 5) is 4.47. The Kier molecular flexibility index (Phi) is 6.33. The summed E-state index contributed by atoms with van der Waals surface area (Å²) in [5, 5.41) is 0.989. The minimum absolute atomic E-state index is 0.475. The maximum absolute atomic E-state index is 5.86. The number of ether oxygens (including phenoxy) is 1. The third-order valence-corrected chi connectivity index (χ3v) is 3.89. The van der Waals surface area contributed by atoms with E-state index >= 15 is 0 Å². The summed E-state index contributed by atoms with van der Waals surface area (Å²) in [7, 11) is 0. The second kappa shape index (κ2) is 7.52. The van der Waals surface area contributed by atoms with Crippen molar-refractivity contribution >= 4 is 17.4 Å². The van der Waals surface area contributed by atoms with Crippen molar-refractivity contribution in [1.29, 1.82) is 0 Å². The molecule has 1 atom stereocenters. The van der Waals surface area contributed by atoms with Gasteiger partial charge in [0.2, 0.25) is 5.88 Å². The van der Waals surface area contributed by atoms with Gasteiger partial charge in [0, 0.05) is 5.75 Å². The Balaban J connectivity index is 2.62. The van der Waals surface area contributed by atoms with E-state index < -0.39 is 0 Å². The molecule has 0 aromatic carbocycles. The maximum Gasteiger partial charge on any atom is 0.238 e. The summed E-state index contributed by atoms with van der Waals surface area (Å²) in [6.45, 7) is 9.32. The van der Waals surface area contributed by atoms with Crippen LogP contribution < -0.4 is 10.5 Å². The van der Waals surface area contributed by atoms with Crippen molar-refractivity contribution in [1.82, 2.24) is 4.98 Å². The highest BCUT2D eigenvalue weighted by Crippen LogP contribution is 2.26. The van der Waals surface area contributed by atoms with Gasteiger partial charge in [-0.25, -0.2) is 4.98 Å². The normalized spacial score (nSPS) is 12.7. The van der Waals surface area contributed by atoms with E-state index in [1.807, 2.05) is 12.1 Å². The van der Waals surface area contributed by atoms with Crippen LogP contribution in [-0.4, -0.2) is 17.3 Å². The smallest absolute Gasteiger partial charge is 0.238 e. The lowest BCUT2D eigenvalue weighted by molar-refractivity contribution is 0.261. The fourth-order valence-electron chi connectivity index (χ4n) is 1.22. The number of rotatable bonds is 7. The van der Waals surface area contributed by atoms with Gasteiger partial charge in [0.15, 0.2) is 0 Å². The van der Waals surface area contributed by atoms with Crippen LogP contribution in [0.1, 0.15) is 34.1 Å². The van der Waals surface area contributed by atoms with Crippen LogP contribution >= 0.6 is 11.8 Å². The Morgan fingerprint density at radius 2 is 2.06 bits per heavy atom. The molecule has 0 fully saturated rings. The van der Waals surface area contributed by atoms with E-state index in [1.165, 1.54) is 6.42 Å². The van der Waals surface area contributed by atoms with Crippen molar-refractivity contribution in [2.45, 2.75) is 39.1 Å². The predicted octanol–water partition coefficient (Wildman–Crippen LogP) is 3.84. The van der Waals surface area contributed by atoms with Gasteiger partial charge in [0.25, 0.3) is 0 Å². The molecule has 0 spiro atoms. The first-order valence-corrected chi connectivity index (χ1v) is 7.53. The monoisotopic (exact) mass is 268 g/mol. The van der Waals surface area contributed by atoms with Crippen LogP contribution in [0.25, 0.3) is 0 Å². The topological polar surface area (TPSA) is 48.1 Å². The number of thioether (sulfide) groups is 1. The van der Waals surface area contributed by atoms with E-state index in [-0.39, 0.29) is 0 Å². The van der Waals surface area contributed by atoms with Crippen LogP contribution in [0.5, 0.6) is 5.88 Å². The Hall–Kier alpha value is -0.900. The second-order valence-corrected chi connectivity index (χ2v) is 6.11. The first-order chi connectivity index (χ1) is 8.52. The van der Waals surface area contributed by atoms with E-state index in [1.54, 1.807) is 11.8 Å². The summed E-state index contributed by atoms with van der Waals surface area (Å²) in [6, 6.07) is 3.84. The van der Waals surface area contributed by atoms with Gasteiger partial charge in [0.1, 0.15) is 5.03 Å². The van der Waals surface area contributed by atoms with Gasteiger partial charge >= 0.3 is 0 Å². The van der Waals surface area contributed by atoms with Gasteiger partial charge in [-0.2, -0.15) is 0 Å². The van der Waals surface area contributed by atoms with Crippen LogP contribution in [0, 0.1) is 11.8 Å². The summed E-state index contributed by atoms with van der Waals surface area (Å²) in [6.07, 6.45) is 1.19. The zero-order valence-electron chi connectivity index (χ0n) is 11.8. The average Bonchev–Trinajstić information content (AvgIpc) is 2.35. The minimum Gasteiger partial charge on any atom is -0.476 e. The van der Waals surface area contributed by atoms with Gasteiger partial charge < -0.3 is 10.5 Å². The maximum atomic E-state index is 5.86. The number of nitrogens with two attached hydrogens (primary N) is 1. The zero-order valence-corrected chi connectivity index (χ0v) is 12.6. The largest absolute Gasteiger partial charge is 0.476 e. The summed E-state index contributed by atoms with van der Waals surface area (Å²) in [5.41, 5.74) is 6.48. The number of nitrogens with zero attached hydrogens (tertiary/aromatic N) is 1. The number of hydrogen-bond donors (Lipinski definition) is 1. The fraction of sp³-hybridized carbons (Fsp3) is 0.643. The second-order valence-electron chi connectivity index (χ2n) is 5.07. The molecule has 0 aliphatic rings. The Morgan fingerprint density at radius 3 is 2.67 bits per heavy atom. The number of pyridine rings is 1. The molecule has 0 radical (unpaired) electrons. The minimum atomic E-state index is 0.475. The summed E-state index contributed by atoms with van der Waals surface area (Å²) in [5.74, 6) is 2.83. The lowest BCUT2D eigenvalue weighted by Gasteiger charge is -2.12. The molecule has 0 aliphatic carbocycles. The van der Waals surface area contributed by atoms with E-state index in [4.69, 9.17) is 10.5 Å². The van der Waals surface area contributed by atoms with Crippen LogP contribution in [-0.2, 0) is 0 Å². The van der Waals surface area contributed by atoms with Crippen molar-refractivity contribution in [3.63, 3.8) is 0 Å². The van der Waals surface area contributed by atoms with Crippen molar-refractivity contribution < 1.29 is 4.74 Å². The highest BCUT2D eigenvalue weighted by atomic mass is 32.2. The summed E-state index contributed by atoms with van der Waals surface area (Å²) < 4.78 is 5.62. The molecule has 0 amide bonds. The van der Waals surface area contributed by atoms with E-state index in [9.17, 15) is 0 Å². The first-order valence-electron chi connectivity index (χ1n) is 6.55. The molecule has 1 heterocycles. The van der Waals surface area contributed by atoms with Gasteiger partial charge in [-0.3, -0.25) is 0 Å². The SMILES string of the molecule is CCC(C)CSc1ccc(N)c(OCC(C)C)n1. The third kappa shape index (κ3) is 5.17. The molecule has 0 aliphatic heterocycles. The standard InChI is InChI=1S/C14H24N2OS/c1-5-11(4)9-18-13-7-6-12(15)14(16-13)17-8-10(2)3/h6-7,10-11H,5,8-9,15H2,1-4H3. The fourth-order valence-corrected chi connectivity index (χ4v) is 2.22. The Bertz CT molecular complexity index is 369. The zero-order chi connectivity index (χ0) is 13.5. The van der Waals surface area contributed by atoms with Gasteiger partial charge in [-0.05, 0) is 24.0 Å². The molecule has 2 N–H and O–H groups in total. The van der Waals surface area contributed by atoms with Gasteiger partial charge in [0.05, 0.1) is 12.3 Å². The van der Waals surface area contributed by atoms with Crippen molar-refractivity contribution in [2.24, 2.45) is 11.8 Å². The highest BCUT2D eigenvalue weighted by molar-refractivity contribution is 7.99. The van der Waals surface area contributed by atoms with E-state index in [2.05, 4.69) is 32.7 Å². The quantitative estimate of drug-likeness (QED) is 0.763. The summed E-state index contributed by atoms with van der Waals surface area (Å²) >= 11 is 1.76. The van der Waals surface area contributed by atoms with Gasteiger partial charge in [-0.15, -0.1) is 11.8 Å². The number of anilines is 1. The van der Waals surface area contributed by atoms with Crippen molar-refractivity contribution in [3.05, 3.63) is 12.1 Å². The molecule has 4 heteroatoms. The molecule has 1 aromatic heterocycles. The van der Waals surface area contributed by atoms with Gasteiger partial charge in [-0.1, -0.05) is 34.1 Å². The van der Waals surface area contributed by atoms with Crippen LogP contribution in [0.2, 0.25) is 0 Å². The highest BCUT2D eigenvalue weighted by Gasteiger charge is 2.07. The first kappa shape index (κ1) is 15.2. The molecule has 1 aromatic rings. The van der Waals surface area contributed by atoms with Crippen molar-refractivity contribution in [3.8, 4) is 5.88 Å². The molecule has 1 unspecified atom stereocenters. The Morgan fingerprint density at radius 1 is 1.33 bits per heavy atom. The molecule has 0 saturated heterocycles. The molecule has 0 saturated carbocycles. The lowest BCUT2D eigenvalue weighted by Crippen LogP contribution is -2.08.